The molecule has 1 aromatic heterocycles. The van der Waals surface area contributed by atoms with Crippen molar-refractivity contribution in [1.29, 1.82) is 0 Å². The second-order valence-corrected chi connectivity index (χ2v) is 4.94. The Morgan fingerprint density at radius 1 is 1.42 bits per heavy atom. The number of nitrogen functional groups attached to an aromatic ring is 1. The minimum atomic E-state index is -0.502. The number of nitrogens with one attached hydrogen (secondary N) is 2. The lowest BCUT2D eigenvalue weighted by molar-refractivity contribution is 0.102. The average molecular weight is 322 g/mol. The lowest BCUT2D eigenvalue weighted by Gasteiger charge is -2.11. The molecular formula is C13H12BrN3O2. The Balaban J connectivity index is 2.35. The van der Waals surface area contributed by atoms with Crippen LogP contribution in [-0.4, -0.2) is 10.9 Å². The van der Waals surface area contributed by atoms with Crippen LogP contribution in [0.4, 0.5) is 11.4 Å². The summed E-state index contributed by atoms with van der Waals surface area (Å²) in [5.74, 6) is -0.502. The minimum Gasteiger partial charge on any atom is -0.397 e. The van der Waals surface area contributed by atoms with Gasteiger partial charge in [0.05, 0.1) is 11.4 Å². The lowest BCUT2D eigenvalue weighted by Crippen LogP contribution is -2.21. The molecule has 0 bridgehead atoms. The van der Waals surface area contributed by atoms with Crippen molar-refractivity contribution in [3.8, 4) is 0 Å². The summed E-state index contributed by atoms with van der Waals surface area (Å²) in [5.41, 5.74) is 7.41. The number of carbonyl (C=O) groups is 1. The van der Waals surface area contributed by atoms with Gasteiger partial charge in [0.25, 0.3) is 5.91 Å². The highest BCUT2D eigenvalue weighted by molar-refractivity contribution is 9.10. The number of benzene rings is 1. The predicted octanol–water partition coefficient (Wildman–Crippen LogP) is 2.28. The maximum atomic E-state index is 12.0. The molecule has 0 saturated carbocycles. The Morgan fingerprint density at radius 2 is 2.16 bits per heavy atom. The standard InChI is InChI=1S/C13H12BrN3O2/c1-7-4-9(14)12(10(15)5-7)17-13(19)8-6-16-3-2-11(8)18/h2-6H,15H2,1H3,(H,16,18)(H,17,19). The summed E-state index contributed by atoms with van der Waals surface area (Å²) in [6.07, 6.45) is 2.82. The zero-order valence-electron chi connectivity index (χ0n) is 10.2. The molecule has 4 N–H and O–H groups in total. The van der Waals surface area contributed by atoms with Crippen LogP contribution in [0.1, 0.15) is 15.9 Å². The van der Waals surface area contributed by atoms with E-state index in [1.807, 2.05) is 13.0 Å². The molecule has 0 radical (unpaired) electrons. The summed E-state index contributed by atoms with van der Waals surface area (Å²) >= 11 is 3.34. The zero-order valence-corrected chi connectivity index (χ0v) is 11.7. The third-order valence-corrected chi connectivity index (χ3v) is 3.20. The summed E-state index contributed by atoms with van der Waals surface area (Å²) in [4.78, 5) is 26.3. The molecular weight excluding hydrogens is 310 g/mol. The first kappa shape index (κ1) is 13.4. The molecule has 0 aliphatic carbocycles. The summed E-state index contributed by atoms with van der Waals surface area (Å²) in [5, 5.41) is 2.63. The molecule has 2 rings (SSSR count). The number of aromatic amines is 1. The van der Waals surface area contributed by atoms with E-state index in [-0.39, 0.29) is 11.0 Å². The quantitative estimate of drug-likeness (QED) is 0.741. The van der Waals surface area contributed by atoms with Crippen molar-refractivity contribution >= 4 is 33.2 Å². The van der Waals surface area contributed by atoms with E-state index in [1.165, 1.54) is 18.5 Å². The first-order valence-electron chi connectivity index (χ1n) is 5.53. The fourth-order valence-electron chi connectivity index (χ4n) is 1.68. The molecule has 0 aliphatic heterocycles. The van der Waals surface area contributed by atoms with Crippen LogP contribution in [0.3, 0.4) is 0 Å². The van der Waals surface area contributed by atoms with Gasteiger partial charge in [0.2, 0.25) is 0 Å². The van der Waals surface area contributed by atoms with Crippen molar-refractivity contribution in [1.82, 2.24) is 4.98 Å². The van der Waals surface area contributed by atoms with E-state index in [9.17, 15) is 9.59 Å². The van der Waals surface area contributed by atoms with Gasteiger partial charge in [0.1, 0.15) is 5.56 Å². The number of pyridine rings is 1. The molecule has 5 nitrogen and oxygen atoms in total. The highest BCUT2D eigenvalue weighted by Crippen LogP contribution is 2.30. The molecule has 98 valence electrons. The fraction of sp³-hybridized carbons (Fsp3) is 0.0769. The van der Waals surface area contributed by atoms with E-state index < -0.39 is 5.91 Å². The van der Waals surface area contributed by atoms with Gasteiger partial charge in [-0.25, -0.2) is 0 Å². The molecule has 1 aromatic carbocycles. The van der Waals surface area contributed by atoms with Gasteiger partial charge in [-0.1, -0.05) is 0 Å². The molecule has 1 heterocycles. The molecule has 0 spiro atoms. The van der Waals surface area contributed by atoms with E-state index in [4.69, 9.17) is 5.73 Å². The Hall–Kier alpha value is -2.08. The van der Waals surface area contributed by atoms with Gasteiger partial charge in [-0.2, -0.15) is 0 Å². The molecule has 6 heteroatoms. The number of halogens is 1. The summed E-state index contributed by atoms with van der Waals surface area (Å²) in [6, 6.07) is 4.87. The fourth-order valence-corrected chi connectivity index (χ4v) is 2.36. The van der Waals surface area contributed by atoms with Crippen molar-refractivity contribution in [2.75, 3.05) is 11.1 Å². The van der Waals surface area contributed by atoms with Crippen LogP contribution in [0.15, 0.2) is 39.9 Å². The van der Waals surface area contributed by atoms with Crippen molar-refractivity contribution in [3.63, 3.8) is 0 Å². The highest BCUT2D eigenvalue weighted by Gasteiger charge is 2.13. The Morgan fingerprint density at radius 3 is 2.79 bits per heavy atom. The molecule has 1 amide bonds. The van der Waals surface area contributed by atoms with E-state index in [1.54, 1.807) is 6.07 Å². The third kappa shape index (κ3) is 2.85. The summed E-state index contributed by atoms with van der Waals surface area (Å²) < 4.78 is 0.672. The van der Waals surface area contributed by atoms with Crippen LogP contribution in [0, 0.1) is 6.92 Å². The van der Waals surface area contributed by atoms with Crippen molar-refractivity contribution in [2.24, 2.45) is 0 Å². The molecule has 19 heavy (non-hydrogen) atoms. The number of anilines is 2. The van der Waals surface area contributed by atoms with Crippen LogP contribution in [0.2, 0.25) is 0 Å². The molecule has 0 unspecified atom stereocenters. The number of hydrogen-bond donors (Lipinski definition) is 3. The SMILES string of the molecule is Cc1cc(N)c(NC(=O)c2c[nH]ccc2=O)c(Br)c1. The molecule has 0 fully saturated rings. The number of rotatable bonds is 2. The number of amides is 1. The van der Waals surface area contributed by atoms with Crippen LogP contribution in [-0.2, 0) is 0 Å². The van der Waals surface area contributed by atoms with Crippen molar-refractivity contribution in [2.45, 2.75) is 6.92 Å². The average Bonchev–Trinajstić information content (AvgIpc) is 2.34. The van der Waals surface area contributed by atoms with E-state index >= 15 is 0 Å². The van der Waals surface area contributed by atoms with Crippen LogP contribution >= 0.6 is 15.9 Å². The number of aromatic nitrogens is 1. The second kappa shape index (κ2) is 5.27. The third-order valence-electron chi connectivity index (χ3n) is 2.57. The van der Waals surface area contributed by atoms with E-state index in [0.29, 0.717) is 15.8 Å². The minimum absolute atomic E-state index is 0.0365. The van der Waals surface area contributed by atoms with Crippen molar-refractivity contribution in [3.05, 3.63) is 56.4 Å². The van der Waals surface area contributed by atoms with Gasteiger partial charge in [-0.3, -0.25) is 9.59 Å². The Labute approximate surface area is 118 Å². The maximum absolute atomic E-state index is 12.0. The van der Waals surface area contributed by atoms with Gasteiger partial charge in [-0.05, 0) is 40.5 Å². The van der Waals surface area contributed by atoms with Crippen LogP contribution < -0.4 is 16.5 Å². The molecule has 0 saturated heterocycles. The zero-order chi connectivity index (χ0) is 14.0. The Kier molecular flexibility index (Phi) is 3.71. The normalized spacial score (nSPS) is 10.2. The number of H-pyrrole nitrogens is 1. The van der Waals surface area contributed by atoms with E-state index in [2.05, 4.69) is 26.2 Å². The first-order chi connectivity index (χ1) is 8.99. The first-order valence-corrected chi connectivity index (χ1v) is 6.32. The molecule has 0 aliphatic rings. The van der Waals surface area contributed by atoms with Crippen LogP contribution in [0.25, 0.3) is 0 Å². The number of nitrogens with two attached hydrogens (primary N) is 1. The van der Waals surface area contributed by atoms with Gasteiger partial charge in [0, 0.05) is 22.9 Å². The van der Waals surface area contributed by atoms with Gasteiger partial charge in [-0.15, -0.1) is 0 Å². The number of hydrogen-bond acceptors (Lipinski definition) is 3. The van der Waals surface area contributed by atoms with Gasteiger partial charge >= 0.3 is 0 Å². The second-order valence-electron chi connectivity index (χ2n) is 4.09. The lowest BCUT2D eigenvalue weighted by atomic mass is 10.2. The highest BCUT2D eigenvalue weighted by atomic mass is 79.9. The summed E-state index contributed by atoms with van der Waals surface area (Å²) in [6.45, 7) is 1.90. The summed E-state index contributed by atoms with van der Waals surface area (Å²) in [7, 11) is 0. The maximum Gasteiger partial charge on any atom is 0.261 e. The predicted molar refractivity (Wildman–Crippen MR) is 78.3 cm³/mol. The van der Waals surface area contributed by atoms with Crippen LogP contribution in [0.5, 0.6) is 0 Å². The largest absolute Gasteiger partial charge is 0.397 e. The van der Waals surface area contributed by atoms with E-state index in [0.717, 1.165) is 5.56 Å². The van der Waals surface area contributed by atoms with Crippen molar-refractivity contribution < 1.29 is 4.79 Å². The molecule has 2 aromatic rings. The molecule has 0 atom stereocenters. The van der Waals surface area contributed by atoms with Gasteiger partial charge in [0.15, 0.2) is 5.43 Å². The monoisotopic (exact) mass is 321 g/mol. The smallest absolute Gasteiger partial charge is 0.261 e. The topological polar surface area (TPSA) is 88.0 Å². The number of aryl methyl sites for hydroxylation is 1. The Bertz CT molecular complexity index is 671. The number of carbonyl (C=O) groups excluding carboxylic acids is 1. The van der Waals surface area contributed by atoms with Gasteiger partial charge < -0.3 is 16.0 Å².